The summed E-state index contributed by atoms with van der Waals surface area (Å²) in [7, 11) is -3.78. The van der Waals surface area contributed by atoms with E-state index in [0.29, 0.717) is 28.6 Å². The molecule has 0 spiro atoms. The zero-order valence-electron chi connectivity index (χ0n) is 18.4. The van der Waals surface area contributed by atoms with Crippen LogP contribution in [0.3, 0.4) is 0 Å². The van der Waals surface area contributed by atoms with E-state index in [1.54, 1.807) is 24.3 Å². The van der Waals surface area contributed by atoms with E-state index in [1.807, 2.05) is 49.4 Å². The van der Waals surface area contributed by atoms with Gasteiger partial charge in [0.25, 0.3) is 15.9 Å². The summed E-state index contributed by atoms with van der Waals surface area (Å²) in [6.07, 6.45) is -0.230. The van der Waals surface area contributed by atoms with E-state index >= 15 is 0 Å². The van der Waals surface area contributed by atoms with Crippen LogP contribution in [0.2, 0.25) is 5.02 Å². The van der Waals surface area contributed by atoms with Crippen LogP contribution >= 0.6 is 11.6 Å². The summed E-state index contributed by atoms with van der Waals surface area (Å²) in [5.74, 6) is 0.293. The second kappa shape index (κ2) is 10.2. The highest BCUT2D eigenvalue weighted by atomic mass is 35.5. The van der Waals surface area contributed by atoms with Gasteiger partial charge in [-0.15, -0.1) is 0 Å². The number of halogens is 1. The van der Waals surface area contributed by atoms with Crippen molar-refractivity contribution < 1.29 is 17.9 Å². The maximum Gasteiger partial charge on any atom is 0.265 e. The summed E-state index contributed by atoms with van der Waals surface area (Å²) in [6.45, 7) is 1.86. The van der Waals surface area contributed by atoms with Gasteiger partial charge in [0.1, 0.15) is 5.75 Å². The number of fused-ring (bicyclic) bond motifs is 1. The Hall–Kier alpha value is -3.55. The lowest BCUT2D eigenvalue weighted by Gasteiger charge is -2.18. The van der Waals surface area contributed by atoms with Gasteiger partial charge in [-0.1, -0.05) is 48.9 Å². The number of amides is 1. The molecule has 0 saturated carbocycles. The number of sulfonamides is 1. The summed E-state index contributed by atoms with van der Waals surface area (Å²) >= 11 is 5.84. The molecule has 174 valence electrons. The number of anilines is 2. The van der Waals surface area contributed by atoms with Gasteiger partial charge >= 0.3 is 0 Å². The zero-order chi connectivity index (χ0) is 24.1. The molecule has 6 nitrogen and oxygen atoms in total. The molecule has 1 amide bonds. The Labute approximate surface area is 203 Å². The number of benzene rings is 4. The first-order valence-electron chi connectivity index (χ1n) is 10.7. The number of carbonyl (C=O) groups excluding carboxylic acids is 1. The van der Waals surface area contributed by atoms with Crippen molar-refractivity contribution in [3.05, 3.63) is 96.0 Å². The molecule has 4 rings (SSSR count). The summed E-state index contributed by atoms with van der Waals surface area (Å²) in [5.41, 5.74) is 0.870. The highest BCUT2D eigenvalue weighted by molar-refractivity contribution is 7.92. The Morgan fingerprint density at radius 2 is 1.53 bits per heavy atom. The third-order valence-electron chi connectivity index (χ3n) is 5.19. The monoisotopic (exact) mass is 494 g/mol. The SMILES string of the molecule is CC[C@H](Oc1ccc2ccccc2c1)C(=O)Nc1ccc(S(=O)(=O)Nc2ccc(Cl)cc2)cc1. The smallest absolute Gasteiger partial charge is 0.265 e. The molecule has 0 aliphatic rings. The summed E-state index contributed by atoms with van der Waals surface area (Å²) in [5, 5.41) is 5.42. The van der Waals surface area contributed by atoms with Crippen LogP contribution < -0.4 is 14.8 Å². The van der Waals surface area contributed by atoms with Crippen LogP contribution in [-0.4, -0.2) is 20.4 Å². The first-order valence-corrected chi connectivity index (χ1v) is 12.5. The molecular formula is C26H23ClN2O4S. The largest absolute Gasteiger partial charge is 0.481 e. The normalized spacial score (nSPS) is 12.2. The summed E-state index contributed by atoms with van der Waals surface area (Å²) < 4.78 is 33.7. The Kier molecular flexibility index (Phi) is 7.05. The van der Waals surface area contributed by atoms with Gasteiger partial charge in [-0.05, 0) is 77.9 Å². The fourth-order valence-electron chi connectivity index (χ4n) is 3.40. The lowest BCUT2D eigenvalue weighted by Crippen LogP contribution is -2.32. The molecule has 0 bridgehead atoms. The van der Waals surface area contributed by atoms with Gasteiger partial charge in [-0.25, -0.2) is 8.42 Å². The molecule has 0 aromatic heterocycles. The molecule has 0 heterocycles. The first-order chi connectivity index (χ1) is 16.3. The average Bonchev–Trinajstić information content (AvgIpc) is 2.84. The first kappa shape index (κ1) is 23.6. The van der Waals surface area contributed by atoms with Crippen LogP contribution in [0.5, 0.6) is 5.75 Å². The minimum Gasteiger partial charge on any atom is -0.481 e. The number of rotatable bonds is 8. The molecule has 0 radical (unpaired) electrons. The van der Waals surface area contributed by atoms with E-state index in [4.69, 9.17) is 16.3 Å². The molecule has 8 heteroatoms. The van der Waals surface area contributed by atoms with Crippen LogP contribution in [0.25, 0.3) is 10.8 Å². The van der Waals surface area contributed by atoms with Gasteiger partial charge in [0, 0.05) is 16.4 Å². The van der Waals surface area contributed by atoms with Crippen molar-refractivity contribution >= 4 is 49.7 Å². The number of hydrogen-bond acceptors (Lipinski definition) is 4. The number of nitrogens with one attached hydrogen (secondary N) is 2. The molecule has 0 aliphatic heterocycles. The molecule has 0 aliphatic carbocycles. The predicted octanol–water partition coefficient (Wildman–Crippen LogP) is 6.09. The Balaban J connectivity index is 1.41. The van der Waals surface area contributed by atoms with Crippen LogP contribution in [0, 0.1) is 0 Å². The van der Waals surface area contributed by atoms with Crippen LogP contribution in [0.1, 0.15) is 13.3 Å². The van der Waals surface area contributed by atoms with E-state index in [1.165, 1.54) is 24.3 Å². The fourth-order valence-corrected chi connectivity index (χ4v) is 4.58. The predicted molar refractivity (Wildman–Crippen MR) is 136 cm³/mol. The van der Waals surface area contributed by atoms with Gasteiger partial charge in [0.05, 0.1) is 4.90 Å². The molecule has 0 saturated heterocycles. The topological polar surface area (TPSA) is 84.5 Å². The highest BCUT2D eigenvalue weighted by Gasteiger charge is 2.20. The van der Waals surface area contributed by atoms with E-state index < -0.39 is 16.1 Å². The quantitative estimate of drug-likeness (QED) is 0.310. The fraction of sp³-hybridized carbons (Fsp3) is 0.115. The standard InChI is InChI=1S/C26H23ClN2O4S/c1-2-25(33-23-14-7-18-5-3-4-6-19(18)17-23)26(30)28-21-12-15-24(16-13-21)34(31,32)29-22-10-8-20(27)9-11-22/h3-17,25,29H,2H2,1H3,(H,28,30)/t25-/m0/s1. The Bertz CT molecular complexity index is 1410. The van der Waals surface area contributed by atoms with Gasteiger partial charge in [0.15, 0.2) is 6.10 Å². The van der Waals surface area contributed by atoms with Crippen LogP contribution in [-0.2, 0) is 14.8 Å². The Morgan fingerprint density at radius 1 is 0.882 bits per heavy atom. The van der Waals surface area contributed by atoms with Crippen LogP contribution in [0.4, 0.5) is 11.4 Å². The molecule has 1 atom stereocenters. The van der Waals surface area contributed by atoms with Gasteiger partial charge in [-0.2, -0.15) is 0 Å². The van der Waals surface area contributed by atoms with E-state index in [-0.39, 0.29) is 10.8 Å². The number of ether oxygens (including phenoxy) is 1. The number of carbonyl (C=O) groups is 1. The van der Waals surface area contributed by atoms with Gasteiger partial charge < -0.3 is 10.1 Å². The minimum atomic E-state index is -3.78. The van der Waals surface area contributed by atoms with Crippen molar-refractivity contribution in [3.8, 4) is 5.75 Å². The maximum atomic E-state index is 12.8. The third kappa shape index (κ3) is 5.68. The Morgan fingerprint density at radius 3 is 2.21 bits per heavy atom. The third-order valence-corrected chi connectivity index (χ3v) is 6.84. The van der Waals surface area contributed by atoms with Crippen molar-refractivity contribution in [2.45, 2.75) is 24.3 Å². The summed E-state index contributed by atoms with van der Waals surface area (Å²) in [4.78, 5) is 12.9. The van der Waals surface area contributed by atoms with Crippen molar-refractivity contribution in [2.75, 3.05) is 10.0 Å². The van der Waals surface area contributed by atoms with Gasteiger partial charge in [-0.3, -0.25) is 9.52 Å². The maximum absolute atomic E-state index is 12.8. The van der Waals surface area contributed by atoms with Crippen molar-refractivity contribution in [2.24, 2.45) is 0 Å². The van der Waals surface area contributed by atoms with E-state index in [2.05, 4.69) is 10.0 Å². The highest BCUT2D eigenvalue weighted by Crippen LogP contribution is 2.23. The van der Waals surface area contributed by atoms with Crippen LogP contribution in [0.15, 0.2) is 95.9 Å². The molecule has 4 aromatic rings. The zero-order valence-corrected chi connectivity index (χ0v) is 19.9. The number of hydrogen-bond donors (Lipinski definition) is 2. The second-order valence-electron chi connectivity index (χ2n) is 7.65. The van der Waals surface area contributed by atoms with Crippen molar-refractivity contribution in [3.63, 3.8) is 0 Å². The molecule has 4 aromatic carbocycles. The molecule has 0 unspecified atom stereocenters. The lowest BCUT2D eigenvalue weighted by atomic mass is 10.1. The second-order valence-corrected chi connectivity index (χ2v) is 9.77. The van der Waals surface area contributed by atoms with E-state index in [9.17, 15) is 13.2 Å². The van der Waals surface area contributed by atoms with Crippen molar-refractivity contribution in [1.82, 2.24) is 0 Å². The summed E-state index contributed by atoms with van der Waals surface area (Å²) in [6, 6.07) is 25.9. The molecule has 0 fully saturated rings. The lowest BCUT2D eigenvalue weighted by molar-refractivity contribution is -0.122. The minimum absolute atomic E-state index is 0.0694. The molecule has 2 N–H and O–H groups in total. The average molecular weight is 495 g/mol. The van der Waals surface area contributed by atoms with Gasteiger partial charge in [0.2, 0.25) is 0 Å². The van der Waals surface area contributed by atoms with E-state index in [0.717, 1.165) is 10.8 Å². The van der Waals surface area contributed by atoms with Crippen molar-refractivity contribution in [1.29, 1.82) is 0 Å². The molecular weight excluding hydrogens is 472 g/mol. The molecule has 34 heavy (non-hydrogen) atoms.